The van der Waals surface area contributed by atoms with Crippen molar-refractivity contribution in [1.82, 2.24) is 4.98 Å². The van der Waals surface area contributed by atoms with Crippen LogP contribution in [0.4, 0.5) is 0 Å². The monoisotopic (exact) mass is 493 g/mol. The zero-order valence-corrected chi connectivity index (χ0v) is 19.7. The van der Waals surface area contributed by atoms with E-state index in [1.807, 2.05) is 30.3 Å². The van der Waals surface area contributed by atoms with Gasteiger partial charge in [0.25, 0.3) is 0 Å². The van der Waals surface area contributed by atoms with Crippen molar-refractivity contribution in [3.63, 3.8) is 0 Å². The molecule has 0 amide bonds. The maximum atomic E-state index is 12.4. The first-order valence-electron chi connectivity index (χ1n) is 9.69. The molecule has 0 spiro atoms. The Morgan fingerprint density at radius 3 is 2.34 bits per heavy atom. The van der Waals surface area contributed by atoms with Gasteiger partial charge in [0.1, 0.15) is 16.5 Å². The van der Waals surface area contributed by atoms with Crippen LogP contribution in [0.1, 0.15) is 19.4 Å². The second-order valence-corrected chi connectivity index (χ2v) is 9.35. The summed E-state index contributed by atoms with van der Waals surface area (Å²) in [7, 11) is -1.37. The fourth-order valence-corrected chi connectivity index (χ4v) is 3.97. The standard InChI is InChI=1S/C23H21Cl2NO5S/c1-15(23(27)30-16(2)32(28)14-17-6-4-3-5-7-17)29-19-8-10-20(11-9-19)31-22-21(25)12-18(24)13-26-22/h3-13,15-16H,14H2,1-2H3. The van der Waals surface area contributed by atoms with Crippen molar-refractivity contribution >= 4 is 40.0 Å². The van der Waals surface area contributed by atoms with Gasteiger partial charge in [0.2, 0.25) is 5.88 Å². The minimum atomic E-state index is -1.37. The van der Waals surface area contributed by atoms with Crippen LogP contribution in [0, 0.1) is 0 Å². The van der Waals surface area contributed by atoms with Crippen LogP contribution < -0.4 is 9.47 Å². The molecule has 0 aliphatic carbocycles. The summed E-state index contributed by atoms with van der Waals surface area (Å²) in [5.74, 6) is 0.846. The average Bonchev–Trinajstić information content (AvgIpc) is 2.77. The van der Waals surface area contributed by atoms with Crippen molar-refractivity contribution in [3.8, 4) is 17.4 Å². The fraction of sp³-hybridized carbons (Fsp3) is 0.217. The number of halogens is 2. The highest BCUT2D eigenvalue weighted by molar-refractivity contribution is 7.84. The number of esters is 1. The maximum absolute atomic E-state index is 12.4. The smallest absolute Gasteiger partial charge is 0.348 e. The molecule has 0 bridgehead atoms. The first-order chi connectivity index (χ1) is 15.3. The van der Waals surface area contributed by atoms with Gasteiger partial charge < -0.3 is 14.2 Å². The van der Waals surface area contributed by atoms with E-state index in [4.69, 9.17) is 37.4 Å². The topological polar surface area (TPSA) is 74.7 Å². The molecule has 1 aromatic heterocycles. The summed E-state index contributed by atoms with van der Waals surface area (Å²) in [5.41, 5.74) is 0.150. The summed E-state index contributed by atoms with van der Waals surface area (Å²) in [5, 5.41) is 0.693. The molecular formula is C23H21Cl2NO5S. The van der Waals surface area contributed by atoms with Gasteiger partial charge in [-0.15, -0.1) is 0 Å². The Balaban J connectivity index is 1.51. The number of nitrogens with zero attached hydrogens (tertiary/aromatic N) is 1. The molecule has 6 nitrogen and oxygen atoms in total. The van der Waals surface area contributed by atoms with Gasteiger partial charge in [0, 0.05) is 6.20 Å². The molecule has 1 heterocycles. The molecule has 0 fully saturated rings. The quantitative estimate of drug-likeness (QED) is 0.351. The Bertz CT molecular complexity index is 1080. The third-order valence-corrected chi connectivity index (χ3v) is 6.19. The van der Waals surface area contributed by atoms with E-state index >= 15 is 0 Å². The number of hydrogen-bond donors (Lipinski definition) is 0. The SMILES string of the molecule is CC(Oc1ccc(Oc2ncc(Cl)cc2Cl)cc1)C(=O)OC(C)S(=O)Cc1ccccc1. The van der Waals surface area contributed by atoms with E-state index in [9.17, 15) is 9.00 Å². The molecule has 0 aliphatic rings. The normalized spacial score (nSPS) is 13.6. The minimum Gasteiger partial charge on any atom is -0.479 e. The summed E-state index contributed by atoms with van der Waals surface area (Å²) in [6.45, 7) is 3.17. The van der Waals surface area contributed by atoms with Gasteiger partial charge in [-0.1, -0.05) is 53.5 Å². The predicted molar refractivity (Wildman–Crippen MR) is 125 cm³/mol. The van der Waals surface area contributed by atoms with Crippen LogP contribution >= 0.6 is 23.2 Å². The molecule has 168 valence electrons. The van der Waals surface area contributed by atoms with E-state index in [0.717, 1.165) is 5.56 Å². The van der Waals surface area contributed by atoms with Gasteiger partial charge in [-0.25, -0.2) is 9.78 Å². The van der Waals surface area contributed by atoms with Gasteiger partial charge in [-0.05, 0) is 49.7 Å². The lowest BCUT2D eigenvalue weighted by Crippen LogP contribution is -2.31. The molecule has 32 heavy (non-hydrogen) atoms. The highest BCUT2D eigenvalue weighted by Crippen LogP contribution is 2.30. The third-order valence-electron chi connectivity index (χ3n) is 4.26. The van der Waals surface area contributed by atoms with Crippen LogP contribution in [0.3, 0.4) is 0 Å². The molecule has 3 atom stereocenters. The summed E-state index contributed by atoms with van der Waals surface area (Å²) in [4.78, 5) is 16.4. The highest BCUT2D eigenvalue weighted by atomic mass is 35.5. The lowest BCUT2D eigenvalue weighted by atomic mass is 10.2. The Morgan fingerprint density at radius 2 is 1.69 bits per heavy atom. The van der Waals surface area contributed by atoms with Crippen molar-refractivity contribution in [2.45, 2.75) is 31.1 Å². The molecule has 0 aliphatic heterocycles. The van der Waals surface area contributed by atoms with Gasteiger partial charge in [-0.2, -0.15) is 0 Å². The summed E-state index contributed by atoms with van der Waals surface area (Å²) in [6, 6.07) is 17.5. The van der Waals surface area contributed by atoms with Crippen LogP contribution in [0.25, 0.3) is 0 Å². The van der Waals surface area contributed by atoms with Crippen molar-refractivity contribution in [1.29, 1.82) is 0 Å². The number of ether oxygens (including phenoxy) is 3. The van der Waals surface area contributed by atoms with Crippen molar-refractivity contribution in [2.24, 2.45) is 0 Å². The molecule has 3 rings (SSSR count). The number of benzene rings is 2. The number of carbonyl (C=O) groups is 1. The van der Waals surface area contributed by atoms with Gasteiger partial charge in [0.05, 0.1) is 21.6 Å². The summed E-state index contributed by atoms with van der Waals surface area (Å²) in [6.07, 6.45) is 0.548. The van der Waals surface area contributed by atoms with Crippen molar-refractivity contribution < 1.29 is 23.2 Å². The molecule has 3 unspecified atom stereocenters. The first kappa shape index (κ1) is 24.0. The number of pyridine rings is 1. The average molecular weight is 494 g/mol. The zero-order valence-electron chi connectivity index (χ0n) is 17.4. The molecular weight excluding hydrogens is 473 g/mol. The first-order valence-corrected chi connectivity index (χ1v) is 11.8. The molecule has 0 radical (unpaired) electrons. The molecule has 2 aromatic carbocycles. The van der Waals surface area contributed by atoms with Crippen LogP contribution in [-0.4, -0.2) is 26.7 Å². The largest absolute Gasteiger partial charge is 0.479 e. The number of aromatic nitrogens is 1. The van der Waals surface area contributed by atoms with Crippen LogP contribution in [-0.2, 0) is 26.1 Å². The lowest BCUT2D eigenvalue weighted by Gasteiger charge is -2.18. The van der Waals surface area contributed by atoms with E-state index in [0.29, 0.717) is 22.3 Å². The molecule has 9 heteroatoms. The number of carbonyl (C=O) groups excluding carboxylic acids is 1. The summed E-state index contributed by atoms with van der Waals surface area (Å²) >= 11 is 11.9. The van der Waals surface area contributed by atoms with E-state index in [1.165, 1.54) is 12.3 Å². The Kier molecular flexibility index (Phi) is 8.50. The van der Waals surface area contributed by atoms with Crippen LogP contribution in [0.5, 0.6) is 17.4 Å². The lowest BCUT2D eigenvalue weighted by molar-refractivity contribution is -0.152. The second-order valence-electron chi connectivity index (χ2n) is 6.79. The summed E-state index contributed by atoms with van der Waals surface area (Å²) < 4.78 is 29.0. The van der Waals surface area contributed by atoms with Crippen LogP contribution in [0.15, 0.2) is 66.9 Å². The van der Waals surface area contributed by atoms with Crippen molar-refractivity contribution in [2.75, 3.05) is 0 Å². The van der Waals surface area contributed by atoms with E-state index in [1.54, 1.807) is 38.1 Å². The fourth-order valence-electron chi connectivity index (χ4n) is 2.60. The Hall–Kier alpha value is -2.61. The second kappa shape index (κ2) is 11.3. The Labute approximate surface area is 198 Å². The molecule has 3 aromatic rings. The molecule has 0 N–H and O–H groups in total. The van der Waals surface area contributed by atoms with Gasteiger partial charge >= 0.3 is 5.97 Å². The third kappa shape index (κ3) is 6.95. The number of rotatable bonds is 9. The van der Waals surface area contributed by atoms with Crippen LogP contribution in [0.2, 0.25) is 10.0 Å². The van der Waals surface area contributed by atoms with E-state index < -0.39 is 28.3 Å². The van der Waals surface area contributed by atoms with Gasteiger partial charge in [0.15, 0.2) is 11.5 Å². The predicted octanol–water partition coefficient (Wildman–Crippen LogP) is 5.79. The highest BCUT2D eigenvalue weighted by Gasteiger charge is 2.22. The zero-order chi connectivity index (χ0) is 23.1. The number of hydrogen-bond acceptors (Lipinski definition) is 6. The minimum absolute atomic E-state index is 0.221. The molecule has 0 saturated heterocycles. The van der Waals surface area contributed by atoms with E-state index in [2.05, 4.69) is 4.98 Å². The Morgan fingerprint density at radius 1 is 1.03 bits per heavy atom. The van der Waals surface area contributed by atoms with Crippen molar-refractivity contribution in [3.05, 3.63) is 82.5 Å². The molecule has 0 saturated carbocycles. The van der Waals surface area contributed by atoms with E-state index in [-0.39, 0.29) is 10.9 Å². The van der Waals surface area contributed by atoms with Gasteiger partial charge in [-0.3, -0.25) is 4.21 Å². The maximum Gasteiger partial charge on any atom is 0.348 e.